The van der Waals surface area contributed by atoms with E-state index >= 15 is 0 Å². The van der Waals surface area contributed by atoms with Crippen molar-refractivity contribution < 1.29 is 13.2 Å². The molecule has 0 aliphatic carbocycles. The lowest BCUT2D eigenvalue weighted by Crippen LogP contribution is -2.15. The predicted molar refractivity (Wildman–Crippen MR) is 85.9 cm³/mol. The van der Waals surface area contributed by atoms with Crippen molar-refractivity contribution in [2.24, 2.45) is 0 Å². The van der Waals surface area contributed by atoms with Gasteiger partial charge in [-0.25, -0.2) is 18.4 Å². The average molecular weight is 437 g/mol. The molecule has 0 amide bonds. The van der Waals surface area contributed by atoms with E-state index in [0.717, 1.165) is 0 Å². The fourth-order valence-corrected chi connectivity index (χ4v) is 3.41. The molecule has 0 unspecified atom stereocenters. The molecule has 0 atom stereocenters. The molecule has 1 aromatic carbocycles. The van der Waals surface area contributed by atoms with Crippen LogP contribution in [0.25, 0.3) is 0 Å². The monoisotopic (exact) mass is 435 g/mol. The number of nitrogens with one attached hydrogen (secondary N) is 1. The SMILES string of the molecule is CCOc1ccc(Br)cc1S(=O)(=O)Nc1cnc(Br)cn1. The number of halogens is 2. The second kappa shape index (κ2) is 6.71. The summed E-state index contributed by atoms with van der Waals surface area (Å²) >= 11 is 6.39. The summed E-state index contributed by atoms with van der Waals surface area (Å²) in [4.78, 5) is 7.89. The van der Waals surface area contributed by atoms with E-state index in [-0.39, 0.29) is 16.5 Å². The van der Waals surface area contributed by atoms with Gasteiger partial charge in [-0.1, -0.05) is 15.9 Å². The molecule has 0 bridgehead atoms. The number of rotatable bonds is 5. The lowest BCUT2D eigenvalue weighted by atomic mass is 10.3. The zero-order valence-electron chi connectivity index (χ0n) is 10.9. The van der Waals surface area contributed by atoms with Gasteiger partial charge in [-0.3, -0.25) is 4.72 Å². The minimum Gasteiger partial charge on any atom is -0.492 e. The Kier molecular flexibility index (Phi) is 5.17. The first-order valence-corrected chi connectivity index (χ1v) is 8.92. The van der Waals surface area contributed by atoms with Crippen LogP contribution in [0, 0.1) is 0 Å². The Balaban J connectivity index is 2.39. The standard InChI is InChI=1S/C12H11Br2N3O3S/c1-2-20-9-4-3-8(13)5-10(9)21(18,19)17-12-7-15-11(14)6-16-12/h3-7H,2H2,1H3,(H,16,17). The summed E-state index contributed by atoms with van der Waals surface area (Å²) in [5.74, 6) is 0.402. The molecule has 0 aliphatic rings. The Morgan fingerprint density at radius 1 is 1.24 bits per heavy atom. The van der Waals surface area contributed by atoms with Gasteiger partial charge in [-0.2, -0.15) is 0 Å². The Morgan fingerprint density at radius 3 is 2.62 bits per heavy atom. The Morgan fingerprint density at radius 2 is 2.00 bits per heavy atom. The van der Waals surface area contributed by atoms with Crippen LogP contribution in [-0.2, 0) is 10.0 Å². The number of nitrogens with zero attached hydrogens (tertiary/aromatic N) is 2. The van der Waals surface area contributed by atoms with Gasteiger partial charge >= 0.3 is 0 Å². The first-order chi connectivity index (χ1) is 9.92. The molecule has 2 aromatic rings. The molecule has 2 rings (SSSR count). The number of benzene rings is 1. The van der Waals surface area contributed by atoms with Gasteiger partial charge in [0.25, 0.3) is 10.0 Å². The maximum absolute atomic E-state index is 12.4. The van der Waals surface area contributed by atoms with Crippen LogP contribution in [0.2, 0.25) is 0 Å². The fraction of sp³-hybridized carbons (Fsp3) is 0.167. The van der Waals surface area contributed by atoms with E-state index in [1.807, 2.05) is 0 Å². The van der Waals surface area contributed by atoms with Crippen LogP contribution in [-0.4, -0.2) is 25.0 Å². The second-order valence-electron chi connectivity index (χ2n) is 3.85. The number of hydrogen-bond acceptors (Lipinski definition) is 5. The Labute approximate surface area is 139 Å². The highest BCUT2D eigenvalue weighted by Crippen LogP contribution is 2.28. The van der Waals surface area contributed by atoms with Gasteiger partial charge in [-0.05, 0) is 41.1 Å². The molecule has 0 fully saturated rings. The summed E-state index contributed by atoms with van der Waals surface area (Å²) in [6.07, 6.45) is 2.72. The molecule has 1 aromatic heterocycles. The topological polar surface area (TPSA) is 81.2 Å². The van der Waals surface area contributed by atoms with Gasteiger partial charge in [0.2, 0.25) is 0 Å². The number of ether oxygens (including phenoxy) is 1. The van der Waals surface area contributed by atoms with Crippen molar-refractivity contribution in [3.8, 4) is 5.75 Å². The van der Waals surface area contributed by atoms with Crippen LogP contribution < -0.4 is 9.46 Å². The number of anilines is 1. The summed E-state index contributed by atoms with van der Waals surface area (Å²) in [7, 11) is -3.82. The van der Waals surface area contributed by atoms with Crippen LogP contribution in [0.3, 0.4) is 0 Å². The summed E-state index contributed by atoms with van der Waals surface area (Å²) in [6.45, 7) is 2.15. The largest absolute Gasteiger partial charge is 0.492 e. The van der Waals surface area contributed by atoms with Crippen molar-refractivity contribution in [1.82, 2.24) is 9.97 Å². The van der Waals surface area contributed by atoms with Crippen LogP contribution in [0.4, 0.5) is 5.82 Å². The van der Waals surface area contributed by atoms with E-state index in [4.69, 9.17) is 4.74 Å². The van der Waals surface area contributed by atoms with Gasteiger partial charge in [0.1, 0.15) is 15.2 Å². The van der Waals surface area contributed by atoms with E-state index < -0.39 is 10.0 Å². The third-order valence-electron chi connectivity index (χ3n) is 2.35. The quantitative estimate of drug-likeness (QED) is 0.778. The highest BCUT2D eigenvalue weighted by atomic mass is 79.9. The van der Waals surface area contributed by atoms with Crippen molar-refractivity contribution in [2.45, 2.75) is 11.8 Å². The maximum atomic E-state index is 12.4. The van der Waals surface area contributed by atoms with Crippen molar-refractivity contribution in [2.75, 3.05) is 11.3 Å². The van der Waals surface area contributed by atoms with Crippen LogP contribution in [0.5, 0.6) is 5.75 Å². The first kappa shape index (κ1) is 16.2. The number of sulfonamides is 1. The fourth-order valence-electron chi connectivity index (χ4n) is 1.52. The van der Waals surface area contributed by atoms with Crippen molar-refractivity contribution in [3.63, 3.8) is 0 Å². The zero-order chi connectivity index (χ0) is 15.5. The van der Waals surface area contributed by atoms with Gasteiger partial charge < -0.3 is 4.74 Å². The Bertz CT molecular complexity index is 736. The van der Waals surface area contributed by atoms with Crippen LogP contribution in [0.15, 0.2) is 44.6 Å². The summed E-state index contributed by atoms with van der Waals surface area (Å²) in [6, 6.07) is 4.78. The minimum absolute atomic E-state index is 0.0310. The highest BCUT2D eigenvalue weighted by molar-refractivity contribution is 9.10. The first-order valence-electron chi connectivity index (χ1n) is 5.85. The van der Waals surface area contributed by atoms with E-state index in [2.05, 4.69) is 46.5 Å². The second-order valence-corrected chi connectivity index (χ2v) is 7.23. The maximum Gasteiger partial charge on any atom is 0.266 e. The highest BCUT2D eigenvalue weighted by Gasteiger charge is 2.21. The number of hydrogen-bond donors (Lipinski definition) is 1. The zero-order valence-corrected chi connectivity index (χ0v) is 14.9. The molecule has 9 heteroatoms. The summed E-state index contributed by atoms with van der Waals surface area (Å²) < 4.78 is 33.8. The smallest absolute Gasteiger partial charge is 0.266 e. The predicted octanol–water partition coefficient (Wildman–Crippen LogP) is 3.20. The lowest BCUT2D eigenvalue weighted by molar-refractivity contribution is 0.331. The molecule has 0 aliphatic heterocycles. The molecule has 112 valence electrons. The lowest BCUT2D eigenvalue weighted by Gasteiger charge is -2.12. The van der Waals surface area contributed by atoms with E-state index in [1.54, 1.807) is 19.1 Å². The molecule has 21 heavy (non-hydrogen) atoms. The van der Waals surface area contributed by atoms with Crippen LogP contribution in [0.1, 0.15) is 6.92 Å². The Hall–Kier alpha value is -1.19. The van der Waals surface area contributed by atoms with E-state index in [0.29, 0.717) is 15.7 Å². The molecule has 1 N–H and O–H groups in total. The van der Waals surface area contributed by atoms with Gasteiger partial charge in [0.15, 0.2) is 5.82 Å². The minimum atomic E-state index is -3.82. The number of aromatic nitrogens is 2. The summed E-state index contributed by atoms with van der Waals surface area (Å²) in [5.41, 5.74) is 0. The molecule has 6 nitrogen and oxygen atoms in total. The molecule has 0 saturated heterocycles. The third kappa shape index (κ3) is 4.14. The summed E-state index contributed by atoms with van der Waals surface area (Å²) in [5, 5.41) is 0. The van der Waals surface area contributed by atoms with Gasteiger partial charge in [0, 0.05) is 4.47 Å². The van der Waals surface area contributed by atoms with Crippen LogP contribution >= 0.6 is 31.9 Å². The molecule has 1 heterocycles. The van der Waals surface area contributed by atoms with E-state index in [9.17, 15) is 8.42 Å². The molecule has 0 spiro atoms. The van der Waals surface area contributed by atoms with Crippen molar-refractivity contribution in [3.05, 3.63) is 39.7 Å². The molecule has 0 radical (unpaired) electrons. The van der Waals surface area contributed by atoms with Crippen molar-refractivity contribution in [1.29, 1.82) is 0 Å². The third-order valence-corrected chi connectivity index (χ3v) is 4.63. The van der Waals surface area contributed by atoms with E-state index in [1.165, 1.54) is 18.5 Å². The molecular formula is C12H11Br2N3O3S. The average Bonchev–Trinajstić information content (AvgIpc) is 2.43. The molecular weight excluding hydrogens is 426 g/mol. The molecule has 0 saturated carbocycles. The normalized spacial score (nSPS) is 11.2. The van der Waals surface area contributed by atoms with Crippen molar-refractivity contribution >= 4 is 47.7 Å². The van der Waals surface area contributed by atoms with Gasteiger partial charge in [0.05, 0.1) is 19.0 Å². The van der Waals surface area contributed by atoms with Gasteiger partial charge in [-0.15, -0.1) is 0 Å².